The zero-order valence-electron chi connectivity index (χ0n) is 12.0. The first-order chi connectivity index (χ1) is 10.7. The number of nitrogens with zero attached hydrogens (tertiary/aromatic N) is 2. The number of nitrogens with one attached hydrogen (secondary N) is 2. The summed E-state index contributed by atoms with van der Waals surface area (Å²) >= 11 is 1.54. The van der Waals surface area contributed by atoms with Crippen LogP contribution in [0.2, 0.25) is 0 Å². The van der Waals surface area contributed by atoms with Gasteiger partial charge in [0, 0.05) is 31.5 Å². The highest BCUT2D eigenvalue weighted by Crippen LogP contribution is 2.25. The van der Waals surface area contributed by atoms with Gasteiger partial charge in [0.2, 0.25) is 5.91 Å². The maximum Gasteiger partial charge on any atom is 0.253 e. The van der Waals surface area contributed by atoms with Crippen molar-refractivity contribution >= 4 is 33.4 Å². The molecular weight excluding hydrogens is 300 g/mol. The van der Waals surface area contributed by atoms with Gasteiger partial charge in [0.25, 0.3) is 5.91 Å². The Bertz CT molecular complexity index is 749. The molecule has 7 heteroatoms. The molecule has 2 aliphatic rings. The zero-order valence-corrected chi connectivity index (χ0v) is 12.8. The number of hydrogen-bond acceptors (Lipinski definition) is 5. The number of rotatable bonds is 1. The van der Waals surface area contributed by atoms with E-state index in [-0.39, 0.29) is 17.5 Å². The molecular formula is C15H16N4O2S. The van der Waals surface area contributed by atoms with E-state index in [1.54, 1.807) is 16.8 Å². The van der Waals surface area contributed by atoms with Gasteiger partial charge >= 0.3 is 0 Å². The van der Waals surface area contributed by atoms with Crippen LogP contribution < -0.4 is 10.6 Å². The highest BCUT2D eigenvalue weighted by Gasteiger charge is 2.40. The summed E-state index contributed by atoms with van der Waals surface area (Å²) in [6.07, 6.45) is 1.49. The Morgan fingerprint density at radius 1 is 1.32 bits per heavy atom. The van der Waals surface area contributed by atoms with Crippen LogP contribution in [0, 0.1) is 0 Å². The van der Waals surface area contributed by atoms with E-state index in [1.165, 1.54) is 0 Å². The predicted molar refractivity (Wildman–Crippen MR) is 83.6 cm³/mol. The first-order valence-corrected chi connectivity index (χ1v) is 8.22. The van der Waals surface area contributed by atoms with Crippen molar-refractivity contribution in [2.75, 3.05) is 19.6 Å². The third-order valence-corrected chi connectivity index (χ3v) is 5.24. The highest BCUT2D eigenvalue weighted by molar-refractivity contribution is 7.16. The Labute approximate surface area is 131 Å². The van der Waals surface area contributed by atoms with E-state index in [0.717, 1.165) is 23.1 Å². The minimum Gasteiger partial charge on any atom is -0.338 e. The molecule has 6 nitrogen and oxygen atoms in total. The van der Waals surface area contributed by atoms with Crippen LogP contribution in [0.3, 0.4) is 0 Å². The number of carbonyl (C=O) groups is 2. The maximum atomic E-state index is 12.6. The van der Waals surface area contributed by atoms with Gasteiger partial charge in [-0.1, -0.05) is 0 Å². The lowest BCUT2D eigenvalue weighted by atomic mass is 9.97. The van der Waals surface area contributed by atoms with Crippen LogP contribution in [0.25, 0.3) is 10.2 Å². The van der Waals surface area contributed by atoms with E-state index in [9.17, 15) is 9.59 Å². The summed E-state index contributed by atoms with van der Waals surface area (Å²) in [7, 11) is 0. The molecule has 2 fully saturated rings. The summed E-state index contributed by atoms with van der Waals surface area (Å²) in [6.45, 7) is 1.66. The van der Waals surface area contributed by atoms with Gasteiger partial charge in [-0.2, -0.15) is 0 Å². The van der Waals surface area contributed by atoms with E-state index in [4.69, 9.17) is 0 Å². The predicted octanol–water partition coefficient (Wildman–Crippen LogP) is 0.948. The molecule has 2 amide bonds. The minimum absolute atomic E-state index is 0.0374. The largest absolute Gasteiger partial charge is 0.338 e. The summed E-state index contributed by atoms with van der Waals surface area (Å²) in [5, 5.41) is 6.23. The van der Waals surface area contributed by atoms with Gasteiger partial charge in [0.1, 0.15) is 0 Å². The summed E-state index contributed by atoms with van der Waals surface area (Å²) in [5.41, 5.74) is 3.11. The Hall–Kier alpha value is -1.99. The topological polar surface area (TPSA) is 74.3 Å². The molecule has 0 aliphatic carbocycles. The lowest BCUT2D eigenvalue weighted by Gasteiger charge is -2.39. The quantitative estimate of drug-likeness (QED) is 0.821. The number of fused-ring (bicyclic) bond motifs is 1. The third-order valence-electron chi connectivity index (χ3n) is 4.45. The number of thiazole rings is 1. The standard InChI is InChI=1S/C15H16N4O2S/c20-13-8-17-15(18-13)3-5-19(6-4-15)14(21)10-1-2-11-12(7-10)22-9-16-11/h1-2,7,9,17H,3-6,8H2,(H,18,20). The molecule has 0 atom stereocenters. The normalized spacial score (nSPS) is 20.5. The Kier molecular flexibility index (Phi) is 3.12. The number of benzene rings is 1. The molecule has 22 heavy (non-hydrogen) atoms. The molecule has 0 radical (unpaired) electrons. The van der Waals surface area contributed by atoms with Crippen molar-refractivity contribution in [1.29, 1.82) is 0 Å². The van der Waals surface area contributed by atoms with Crippen LogP contribution in [-0.4, -0.2) is 47.0 Å². The van der Waals surface area contributed by atoms with Crippen molar-refractivity contribution in [3.05, 3.63) is 29.3 Å². The molecule has 3 heterocycles. The molecule has 2 saturated heterocycles. The number of carbonyl (C=O) groups excluding carboxylic acids is 2. The van der Waals surface area contributed by atoms with Gasteiger partial charge in [-0.3, -0.25) is 14.9 Å². The number of aromatic nitrogens is 1. The molecule has 1 aromatic heterocycles. The van der Waals surface area contributed by atoms with Crippen LogP contribution in [0.1, 0.15) is 23.2 Å². The molecule has 2 N–H and O–H groups in total. The first-order valence-electron chi connectivity index (χ1n) is 7.34. The number of amides is 2. The smallest absolute Gasteiger partial charge is 0.253 e. The fourth-order valence-corrected chi connectivity index (χ4v) is 3.89. The van der Waals surface area contributed by atoms with Gasteiger partial charge in [0.05, 0.1) is 27.9 Å². The van der Waals surface area contributed by atoms with Crippen LogP contribution in [0.5, 0.6) is 0 Å². The van der Waals surface area contributed by atoms with Gasteiger partial charge < -0.3 is 10.2 Å². The Morgan fingerprint density at radius 2 is 2.14 bits per heavy atom. The lowest BCUT2D eigenvalue weighted by molar-refractivity contribution is -0.119. The summed E-state index contributed by atoms with van der Waals surface area (Å²) in [6, 6.07) is 5.64. The molecule has 2 aromatic rings. The van der Waals surface area contributed by atoms with Gasteiger partial charge in [-0.05, 0) is 18.2 Å². The fraction of sp³-hybridized carbons (Fsp3) is 0.400. The molecule has 2 aliphatic heterocycles. The van der Waals surface area contributed by atoms with Crippen LogP contribution in [-0.2, 0) is 4.79 Å². The van der Waals surface area contributed by atoms with Crippen LogP contribution in [0.4, 0.5) is 0 Å². The molecule has 114 valence electrons. The van der Waals surface area contributed by atoms with Crippen molar-refractivity contribution in [2.45, 2.75) is 18.5 Å². The van der Waals surface area contributed by atoms with Crippen molar-refractivity contribution in [3.63, 3.8) is 0 Å². The van der Waals surface area contributed by atoms with Gasteiger partial charge in [-0.15, -0.1) is 11.3 Å². The SMILES string of the molecule is O=C1CNC2(CCN(C(=O)c3ccc4ncsc4c3)CC2)N1. The first kappa shape index (κ1) is 13.7. The molecule has 0 bridgehead atoms. The van der Waals surface area contributed by atoms with Crippen LogP contribution in [0.15, 0.2) is 23.7 Å². The molecule has 4 rings (SSSR count). The maximum absolute atomic E-state index is 12.6. The highest BCUT2D eigenvalue weighted by atomic mass is 32.1. The monoisotopic (exact) mass is 316 g/mol. The van der Waals surface area contributed by atoms with Gasteiger partial charge in [-0.25, -0.2) is 4.98 Å². The van der Waals surface area contributed by atoms with Crippen molar-refractivity contribution in [1.82, 2.24) is 20.5 Å². The summed E-state index contributed by atoms with van der Waals surface area (Å²) in [5.74, 6) is 0.0879. The molecule has 1 spiro atoms. The van der Waals surface area contributed by atoms with E-state index in [0.29, 0.717) is 25.2 Å². The van der Waals surface area contributed by atoms with E-state index in [2.05, 4.69) is 15.6 Å². The lowest BCUT2D eigenvalue weighted by Crippen LogP contribution is -2.57. The second-order valence-electron chi connectivity index (χ2n) is 5.81. The van der Waals surface area contributed by atoms with E-state index >= 15 is 0 Å². The minimum atomic E-state index is -0.310. The van der Waals surface area contributed by atoms with Crippen molar-refractivity contribution < 1.29 is 9.59 Å². The van der Waals surface area contributed by atoms with Gasteiger partial charge in [0.15, 0.2) is 0 Å². The van der Waals surface area contributed by atoms with Crippen molar-refractivity contribution in [2.24, 2.45) is 0 Å². The Balaban J connectivity index is 1.48. The average molecular weight is 316 g/mol. The molecule has 1 aromatic carbocycles. The second-order valence-corrected chi connectivity index (χ2v) is 6.70. The zero-order chi connectivity index (χ0) is 15.2. The molecule has 0 unspecified atom stereocenters. The van der Waals surface area contributed by atoms with Crippen LogP contribution >= 0.6 is 11.3 Å². The Morgan fingerprint density at radius 3 is 2.86 bits per heavy atom. The van der Waals surface area contributed by atoms with Crippen molar-refractivity contribution in [3.8, 4) is 0 Å². The third kappa shape index (κ3) is 2.26. The summed E-state index contributed by atoms with van der Waals surface area (Å²) < 4.78 is 1.03. The number of likely N-dealkylation sites (tertiary alicyclic amines) is 1. The fourth-order valence-electron chi connectivity index (χ4n) is 3.17. The van der Waals surface area contributed by atoms with E-state index in [1.807, 2.05) is 23.1 Å². The number of hydrogen-bond donors (Lipinski definition) is 2. The summed E-state index contributed by atoms with van der Waals surface area (Å²) in [4.78, 5) is 30.1. The second kappa shape index (κ2) is 5.03. The number of piperidine rings is 1. The van der Waals surface area contributed by atoms with E-state index < -0.39 is 0 Å². The average Bonchev–Trinajstić information content (AvgIpc) is 3.14. The molecule has 0 saturated carbocycles.